The van der Waals surface area contributed by atoms with Gasteiger partial charge in [-0.05, 0) is 34.7 Å². The predicted molar refractivity (Wildman–Crippen MR) is 139 cm³/mol. The number of fused-ring (bicyclic) bond motifs is 1. The van der Waals surface area contributed by atoms with Gasteiger partial charge in [0.25, 0.3) is 5.56 Å². The Morgan fingerprint density at radius 2 is 1.76 bits per heavy atom. The standard InChI is InChI=1S/C26H28N8O3/c1-3-7-21-27-24-22(25(36)33(14-6-15-35)26(37)32(24)2)34(21)16-17-10-12-18(13-11-17)19-8-4-5-9-20(19)23-28-30-31-29-23/h4-5,8-13,35H,3,6-7,14-16H2,1-2H3,(H,28,29,30,31). The quantitative estimate of drug-likeness (QED) is 0.316. The minimum Gasteiger partial charge on any atom is -0.396 e. The van der Waals surface area contributed by atoms with E-state index >= 15 is 0 Å². The van der Waals surface area contributed by atoms with Crippen LogP contribution in [-0.2, 0) is 26.6 Å². The molecule has 2 N–H and O–H groups in total. The number of H-pyrrole nitrogens is 1. The van der Waals surface area contributed by atoms with Crippen molar-refractivity contribution in [2.75, 3.05) is 6.61 Å². The second-order valence-electron chi connectivity index (χ2n) is 8.89. The molecule has 5 aromatic rings. The summed E-state index contributed by atoms with van der Waals surface area (Å²) in [4.78, 5) is 30.9. The first-order chi connectivity index (χ1) is 18.0. The van der Waals surface area contributed by atoms with Gasteiger partial charge < -0.3 is 9.67 Å². The molecule has 0 saturated heterocycles. The van der Waals surface area contributed by atoms with Gasteiger partial charge in [0.15, 0.2) is 11.2 Å². The molecule has 0 fully saturated rings. The molecular weight excluding hydrogens is 472 g/mol. The van der Waals surface area contributed by atoms with E-state index in [9.17, 15) is 14.7 Å². The van der Waals surface area contributed by atoms with Crippen LogP contribution in [-0.4, -0.2) is 51.0 Å². The zero-order chi connectivity index (χ0) is 25.9. The van der Waals surface area contributed by atoms with E-state index in [2.05, 4.69) is 32.5 Å². The van der Waals surface area contributed by atoms with Gasteiger partial charge in [0, 0.05) is 38.7 Å². The van der Waals surface area contributed by atoms with Crippen LogP contribution in [0.4, 0.5) is 0 Å². The lowest BCUT2D eigenvalue weighted by molar-refractivity contribution is 0.277. The molecule has 0 unspecified atom stereocenters. The van der Waals surface area contributed by atoms with Crippen molar-refractivity contribution in [1.29, 1.82) is 0 Å². The maximum absolute atomic E-state index is 13.4. The minimum atomic E-state index is -0.428. The van der Waals surface area contributed by atoms with Crippen molar-refractivity contribution >= 4 is 11.2 Å². The number of rotatable bonds is 9. The zero-order valence-electron chi connectivity index (χ0n) is 20.8. The lowest BCUT2D eigenvalue weighted by Gasteiger charge is -2.12. The molecule has 11 heteroatoms. The predicted octanol–water partition coefficient (Wildman–Crippen LogP) is 2.13. The smallest absolute Gasteiger partial charge is 0.332 e. The van der Waals surface area contributed by atoms with E-state index < -0.39 is 5.69 Å². The van der Waals surface area contributed by atoms with E-state index in [1.807, 2.05) is 53.1 Å². The van der Waals surface area contributed by atoms with Gasteiger partial charge in [0.2, 0.25) is 5.82 Å². The highest BCUT2D eigenvalue weighted by Crippen LogP contribution is 2.30. The number of aryl methyl sites for hydroxylation is 2. The topological polar surface area (TPSA) is 137 Å². The van der Waals surface area contributed by atoms with E-state index in [0.717, 1.165) is 34.5 Å². The SMILES string of the molecule is CCCc1nc2c(c(=O)n(CCCO)c(=O)n2C)n1Cc1ccc(-c2ccccc2-c2nn[nH]n2)cc1. The molecule has 5 rings (SSSR count). The van der Waals surface area contributed by atoms with Crippen molar-refractivity contribution in [2.45, 2.75) is 39.3 Å². The van der Waals surface area contributed by atoms with Gasteiger partial charge in [-0.25, -0.2) is 9.78 Å². The number of hydrogen-bond acceptors (Lipinski definition) is 7. The van der Waals surface area contributed by atoms with Crippen molar-refractivity contribution in [3.05, 3.63) is 80.8 Å². The summed E-state index contributed by atoms with van der Waals surface area (Å²) in [5.41, 5.74) is 3.82. The molecule has 3 aromatic heterocycles. The van der Waals surface area contributed by atoms with Crippen LogP contribution in [0.15, 0.2) is 58.1 Å². The average Bonchev–Trinajstić information content (AvgIpc) is 3.57. The van der Waals surface area contributed by atoms with Crippen LogP contribution in [0.3, 0.4) is 0 Å². The maximum atomic E-state index is 13.4. The van der Waals surface area contributed by atoms with Crippen LogP contribution in [0, 0.1) is 0 Å². The Morgan fingerprint density at radius 3 is 2.43 bits per heavy atom. The van der Waals surface area contributed by atoms with E-state index in [0.29, 0.717) is 36.4 Å². The number of aliphatic hydroxyl groups is 1. The summed E-state index contributed by atoms with van der Waals surface area (Å²) in [5, 5.41) is 23.6. The molecule has 0 radical (unpaired) electrons. The van der Waals surface area contributed by atoms with Gasteiger partial charge in [-0.2, -0.15) is 5.21 Å². The average molecular weight is 501 g/mol. The maximum Gasteiger partial charge on any atom is 0.332 e. The van der Waals surface area contributed by atoms with Gasteiger partial charge in [-0.3, -0.25) is 13.9 Å². The number of nitrogens with zero attached hydrogens (tertiary/aromatic N) is 7. The lowest BCUT2D eigenvalue weighted by Crippen LogP contribution is -2.40. The van der Waals surface area contributed by atoms with Crippen LogP contribution < -0.4 is 11.2 Å². The Hall–Kier alpha value is -4.38. The number of aromatic nitrogens is 8. The summed E-state index contributed by atoms with van der Waals surface area (Å²) in [7, 11) is 1.63. The second-order valence-corrected chi connectivity index (χ2v) is 8.89. The number of benzene rings is 2. The van der Waals surface area contributed by atoms with Crippen LogP contribution in [0.1, 0.15) is 31.2 Å². The molecule has 2 aromatic carbocycles. The highest BCUT2D eigenvalue weighted by molar-refractivity contribution is 5.80. The van der Waals surface area contributed by atoms with Crippen LogP contribution in [0.2, 0.25) is 0 Å². The van der Waals surface area contributed by atoms with Crippen LogP contribution >= 0.6 is 0 Å². The minimum absolute atomic E-state index is 0.101. The Kier molecular flexibility index (Phi) is 6.78. The number of tetrazole rings is 1. The zero-order valence-corrected chi connectivity index (χ0v) is 20.8. The molecule has 3 heterocycles. The van der Waals surface area contributed by atoms with E-state index in [1.165, 1.54) is 9.13 Å². The third-order valence-corrected chi connectivity index (χ3v) is 6.44. The van der Waals surface area contributed by atoms with Crippen molar-refractivity contribution in [1.82, 2.24) is 39.3 Å². The molecular formula is C26H28N8O3. The molecule has 0 amide bonds. The van der Waals surface area contributed by atoms with Crippen molar-refractivity contribution < 1.29 is 5.11 Å². The van der Waals surface area contributed by atoms with Gasteiger partial charge in [0.05, 0.1) is 0 Å². The third kappa shape index (κ3) is 4.49. The molecule has 0 saturated carbocycles. The summed E-state index contributed by atoms with van der Waals surface area (Å²) < 4.78 is 4.52. The fraction of sp³-hybridized carbons (Fsp3) is 0.308. The molecule has 11 nitrogen and oxygen atoms in total. The highest BCUT2D eigenvalue weighted by atomic mass is 16.3. The second kappa shape index (κ2) is 10.3. The molecule has 0 aliphatic carbocycles. The van der Waals surface area contributed by atoms with Crippen LogP contribution in [0.5, 0.6) is 0 Å². The Morgan fingerprint density at radius 1 is 1.00 bits per heavy atom. The molecule has 0 aliphatic heterocycles. The Labute approximate surface area is 212 Å². The fourth-order valence-corrected chi connectivity index (χ4v) is 4.61. The number of nitrogens with one attached hydrogen (secondary N) is 1. The van der Waals surface area contributed by atoms with Crippen LogP contribution in [0.25, 0.3) is 33.7 Å². The fourth-order valence-electron chi connectivity index (χ4n) is 4.61. The number of aromatic amines is 1. The third-order valence-electron chi connectivity index (χ3n) is 6.44. The summed E-state index contributed by atoms with van der Waals surface area (Å²) in [6.45, 7) is 2.54. The van der Waals surface area contributed by atoms with Gasteiger partial charge in [0.1, 0.15) is 5.82 Å². The van der Waals surface area contributed by atoms with E-state index in [4.69, 9.17) is 0 Å². The lowest BCUT2D eigenvalue weighted by atomic mass is 9.98. The van der Waals surface area contributed by atoms with Crippen molar-refractivity contribution in [2.24, 2.45) is 7.05 Å². The number of aliphatic hydroxyl groups excluding tert-OH is 1. The summed E-state index contributed by atoms with van der Waals surface area (Å²) >= 11 is 0. The molecule has 37 heavy (non-hydrogen) atoms. The van der Waals surface area contributed by atoms with Gasteiger partial charge in [-0.1, -0.05) is 55.5 Å². The molecule has 0 aliphatic rings. The summed E-state index contributed by atoms with van der Waals surface area (Å²) in [6, 6.07) is 16.0. The summed E-state index contributed by atoms with van der Waals surface area (Å²) in [5.74, 6) is 1.29. The van der Waals surface area contributed by atoms with E-state index in [-0.39, 0.29) is 18.7 Å². The number of hydrogen-bond donors (Lipinski definition) is 2. The molecule has 190 valence electrons. The Bertz CT molecular complexity index is 1650. The first-order valence-electron chi connectivity index (χ1n) is 12.3. The number of imidazole rings is 1. The highest BCUT2D eigenvalue weighted by Gasteiger charge is 2.20. The molecule has 0 atom stereocenters. The first-order valence-corrected chi connectivity index (χ1v) is 12.3. The monoisotopic (exact) mass is 500 g/mol. The van der Waals surface area contributed by atoms with Crippen molar-refractivity contribution in [3.63, 3.8) is 0 Å². The van der Waals surface area contributed by atoms with Gasteiger partial charge >= 0.3 is 5.69 Å². The molecule has 0 bridgehead atoms. The van der Waals surface area contributed by atoms with Gasteiger partial charge in [-0.15, -0.1) is 10.2 Å². The van der Waals surface area contributed by atoms with E-state index in [1.54, 1.807) is 7.05 Å². The largest absolute Gasteiger partial charge is 0.396 e. The first kappa shape index (κ1) is 24.3. The van der Waals surface area contributed by atoms with Crippen molar-refractivity contribution in [3.8, 4) is 22.5 Å². The summed E-state index contributed by atoms with van der Waals surface area (Å²) in [6.07, 6.45) is 1.85. The Balaban J connectivity index is 1.56. The molecule has 0 spiro atoms. The normalized spacial score (nSPS) is 11.4.